The highest BCUT2D eigenvalue weighted by Crippen LogP contribution is 2.02. The first-order valence-corrected chi connectivity index (χ1v) is 6.08. The number of nitrogens with two attached hydrogens (primary N) is 1. The van der Waals surface area contributed by atoms with Crippen molar-refractivity contribution >= 4 is 5.91 Å². The fraction of sp³-hybridized carbons (Fsp3) is 0.538. The predicted octanol–water partition coefficient (Wildman–Crippen LogP) is 1.12. The third kappa shape index (κ3) is 6.02. The van der Waals surface area contributed by atoms with Crippen LogP contribution in [0.3, 0.4) is 0 Å². The van der Waals surface area contributed by atoms with E-state index in [4.69, 9.17) is 5.73 Å². The molecule has 0 saturated heterocycles. The Kier molecular flexibility index (Phi) is 6.25. The molecule has 1 atom stereocenters. The fourth-order valence-corrected chi connectivity index (χ4v) is 1.48. The highest BCUT2D eigenvalue weighted by atomic mass is 16.1. The second-order valence-corrected chi connectivity index (χ2v) is 4.33. The average molecular weight is 235 g/mol. The van der Waals surface area contributed by atoms with E-state index >= 15 is 0 Å². The number of hydrogen-bond acceptors (Lipinski definition) is 3. The van der Waals surface area contributed by atoms with Gasteiger partial charge in [-0.1, -0.05) is 6.92 Å². The zero-order chi connectivity index (χ0) is 12.5. The van der Waals surface area contributed by atoms with Crippen LogP contribution in [0.15, 0.2) is 24.5 Å². The van der Waals surface area contributed by atoms with Crippen LogP contribution in [-0.4, -0.2) is 24.0 Å². The van der Waals surface area contributed by atoms with Gasteiger partial charge in [-0.25, -0.2) is 0 Å². The summed E-state index contributed by atoms with van der Waals surface area (Å²) in [6.45, 7) is 3.38. The van der Waals surface area contributed by atoms with E-state index in [1.165, 1.54) is 5.56 Å². The molecule has 1 aromatic rings. The summed E-state index contributed by atoms with van der Waals surface area (Å²) in [6, 6.07) is 3.92. The van der Waals surface area contributed by atoms with Crippen molar-refractivity contribution < 1.29 is 4.79 Å². The van der Waals surface area contributed by atoms with Gasteiger partial charge in [0.1, 0.15) is 0 Å². The van der Waals surface area contributed by atoms with Crippen LogP contribution in [0.5, 0.6) is 0 Å². The van der Waals surface area contributed by atoms with Crippen LogP contribution in [0.2, 0.25) is 0 Å². The van der Waals surface area contributed by atoms with Crippen molar-refractivity contribution in [3.63, 3.8) is 0 Å². The molecule has 0 aliphatic rings. The maximum Gasteiger partial charge on any atom is 0.220 e. The normalized spacial score (nSPS) is 12.1. The summed E-state index contributed by atoms with van der Waals surface area (Å²) < 4.78 is 0. The van der Waals surface area contributed by atoms with E-state index in [1.54, 1.807) is 12.4 Å². The molecule has 17 heavy (non-hydrogen) atoms. The van der Waals surface area contributed by atoms with Gasteiger partial charge in [-0.3, -0.25) is 9.78 Å². The van der Waals surface area contributed by atoms with Crippen molar-refractivity contribution in [2.24, 2.45) is 11.7 Å². The minimum absolute atomic E-state index is 0.111. The molecule has 0 fully saturated rings. The molecule has 0 saturated carbocycles. The number of pyridine rings is 1. The monoisotopic (exact) mass is 235 g/mol. The molecule has 1 aromatic heterocycles. The van der Waals surface area contributed by atoms with E-state index in [0.29, 0.717) is 25.4 Å². The Morgan fingerprint density at radius 1 is 1.47 bits per heavy atom. The summed E-state index contributed by atoms with van der Waals surface area (Å²) >= 11 is 0. The predicted molar refractivity (Wildman–Crippen MR) is 68.4 cm³/mol. The van der Waals surface area contributed by atoms with E-state index in [9.17, 15) is 4.79 Å². The van der Waals surface area contributed by atoms with Gasteiger partial charge >= 0.3 is 0 Å². The Morgan fingerprint density at radius 3 is 2.82 bits per heavy atom. The van der Waals surface area contributed by atoms with Crippen molar-refractivity contribution in [1.29, 1.82) is 0 Å². The molecule has 3 N–H and O–H groups in total. The molecule has 1 unspecified atom stereocenters. The van der Waals surface area contributed by atoms with E-state index in [-0.39, 0.29) is 5.91 Å². The van der Waals surface area contributed by atoms with Crippen LogP contribution < -0.4 is 11.1 Å². The Hall–Kier alpha value is -1.42. The molecule has 0 bridgehead atoms. The van der Waals surface area contributed by atoms with Crippen LogP contribution in [-0.2, 0) is 11.2 Å². The first-order chi connectivity index (χ1) is 8.22. The fourth-order valence-electron chi connectivity index (χ4n) is 1.48. The highest BCUT2D eigenvalue weighted by Gasteiger charge is 2.04. The molecular weight excluding hydrogens is 214 g/mol. The quantitative estimate of drug-likeness (QED) is 0.744. The summed E-state index contributed by atoms with van der Waals surface area (Å²) in [7, 11) is 0. The van der Waals surface area contributed by atoms with Crippen molar-refractivity contribution in [2.75, 3.05) is 13.1 Å². The number of hydrogen-bond donors (Lipinski definition) is 2. The lowest BCUT2D eigenvalue weighted by molar-refractivity contribution is -0.121. The number of amides is 1. The van der Waals surface area contributed by atoms with Gasteiger partial charge in [-0.05, 0) is 43.0 Å². The van der Waals surface area contributed by atoms with Gasteiger partial charge in [0.25, 0.3) is 0 Å². The zero-order valence-corrected chi connectivity index (χ0v) is 10.4. The first-order valence-electron chi connectivity index (χ1n) is 6.08. The van der Waals surface area contributed by atoms with Crippen LogP contribution >= 0.6 is 0 Å². The number of aromatic nitrogens is 1. The summed E-state index contributed by atoms with van der Waals surface area (Å²) in [5.74, 6) is 0.528. The molecule has 0 aliphatic carbocycles. The van der Waals surface area contributed by atoms with Crippen LogP contribution in [0.25, 0.3) is 0 Å². The molecule has 0 radical (unpaired) electrons. The van der Waals surface area contributed by atoms with Gasteiger partial charge in [-0.2, -0.15) is 0 Å². The number of carbonyl (C=O) groups is 1. The van der Waals surface area contributed by atoms with Crippen LogP contribution in [0.1, 0.15) is 25.3 Å². The van der Waals surface area contributed by atoms with Crippen molar-refractivity contribution in [3.05, 3.63) is 30.1 Å². The molecule has 94 valence electrons. The molecule has 1 amide bonds. The number of rotatable bonds is 7. The SMILES string of the molecule is CC(CN)CCC(=O)NCCc1ccncc1. The van der Waals surface area contributed by atoms with Gasteiger partial charge in [0.15, 0.2) is 0 Å². The molecule has 1 rings (SSSR count). The maximum absolute atomic E-state index is 11.5. The molecule has 0 aromatic carbocycles. The van der Waals surface area contributed by atoms with E-state index in [0.717, 1.165) is 12.8 Å². The minimum Gasteiger partial charge on any atom is -0.356 e. The van der Waals surface area contributed by atoms with E-state index in [2.05, 4.69) is 17.2 Å². The lowest BCUT2D eigenvalue weighted by Gasteiger charge is -2.08. The number of nitrogens with one attached hydrogen (secondary N) is 1. The summed E-state index contributed by atoms with van der Waals surface area (Å²) in [6.07, 6.45) is 5.80. The molecule has 4 nitrogen and oxygen atoms in total. The molecule has 0 spiro atoms. The Morgan fingerprint density at radius 2 is 2.18 bits per heavy atom. The van der Waals surface area contributed by atoms with E-state index in [1.807, 2.05) is 12.1 Å². The van der Waals surface area contributed by atoms with Crippen molar-refractivity contribution in [3.8, 4) is 0 Å². The minimum atomic E-state index is 0.111. The first kappa shape index (κ1) is 13.6. The van der Waals surface area contributed by atoms with Crippen LogP contribution in [0.4, 0.5) is 0 Å². The van der Waals surface area contributed by atoms with Gasteiger partial charge in [0, 0.05) is 25.4 Å². The number of nitrogens with zero attached hydrogens (tertiary/aromatic N) is 1. The molecule has 1 heterocycles. The van der Waals surface area contributed by atoms with Gasteiger partial charge in [-0.15, -0.1) is 0 Å². The topological polar surface area (TPSA) is 68.0 Å². The summed E-state index contributed by atoms with van der Waals surface area (Å²) in [5.41, 5.74) is 6.69. The third-order valence-corrected chi connectivity index (χ3v) is 2.75. The average Bonchev–Trinajstić information content (AvgIpc) is 2.37. The van der Waals surface area contributed by atoms with Gasteiger partial charge in [0.2, 0.25) is 5.91 Å². The van der Waals surface area contributed by atoms with Gasteiger partial charge < -0.3 is 11.1 Å². The molecular formula is C13H21N3O. The third-order valence-electron chi connectivity index (χ3n) is 2.75. The maximum atomic E-state index is 11.5. The second-order valence-electron chi connectivity index (χ2n) is 4.33. The largest absolute Gasteiger partial charge is 0.356 e. The summed E-state index contributed by atoms with van der Waals surface area (Å²) in [5, 5.41) is 2.91. The highest BCUT2D eigenvalue weighted by molar-refractivity contribution is 5.75. The zero-order valence-electron chi connectivity index (χ0n) is 10.4. The Labute approximate surface area is 103 Å². The molecule has 4 heteroatoms. The Bertz CT molecular complexity index is 327. The number of carbonyl (C=O) groups excluding carboxylic acids is 1. The lowest BCUT2D eigenvalue weighted by atomic mass is 10.1. The Balaban J connectivity index is 2.12. The standard InChI is InChI=1S/C13H21N3O/c1-11(10-14)2-3-13(17)16-9-6-12-4-7-15-8-5-12/h4-5,7-8,11H,2-3,6,9-10,14H2,1H3,(H,16,17). The lowest BCUT2D eigenvalue weighted by Crippen LogP contribution is -2.26. The van der Waals surface area contributed by atoms with Crippen molar-refractivity contribution in [1.82, 2.24) is 10.3 Å². The van der Waals surface area contributed by atoms with Crippen molar-refractivity contribution in [2.45, 2.75) is 26.2 Å². The van der Waals surface area contributed by atoms with E-state index < -0.39 is 0 Å². The smallest absolute Gasteiger partial charge is 0.220 e. The second kappa shape index (κ2) is 7.79. The van der Waals surface area contributed by atoms with Gasteiger partial charge in [0.05, 0.1) is 0 Å². The van der Waals surface area contributed by atoms with Crippen LogP contribution in [0, 0.1) is 5.92 Å². The summed E-state index contributed by atoms with van der Waals surface area (Å²) in [4.78, 5) is 15.4. The molecule has 0 aliphatic heterocycles.